The Kier molecular flexibility index (Phi) is 3.76. The third kappa shape index (κ3) is 2.64. The van der Waals surface area contributed by atoms with E-state index in [0.29, 0.717) is 5.76 Å². The lowest BCUT2D eigenvalue weighted by atomic mass is 10.1. The van der Waals surface area contributed by atoms with Crippen LogP contribution in [0.5, 0.6) is 17.2 Å². The number of benzene rings is 2. The van der Waals surface area contributed by atoms with E-state index in [9.17, 15) is 15.0 Å². The van der Waals surface area contributed by atoms with Gasteiger partial charge in [-0.05, 0) is 0 Å². The fourth-order valence-electron chi connectivity index (χ4n) is 2.30. The Hall–Kier alpha value is -3.21. The van der Waals surface area contributed by atoms with Gasteiger partial charge in [-0.25, -0.2) is 0 Å². The molecule has 0 saturated carbocycles. The van der Waals surface area contributed by atoms with Gasteiger partial charge in [0.2, 0.25) is 5.75 Å². The fourth-order valence-corrected chi connectivity index (χ4v) is 2.30. The van der Waals surface area contributed by atoms with Crippen molar-refractivity contribution in [2.24, 2.45) is 0 Å². The van der Waals surface area contributed by atoms with Crippen LogP contribution in [0.2, 0.25) is 0 Å². The maximum absolute atomic E-state index is 12.4. The van der Waals surface area contributed by atoms with Crippen LogP contribution >= 0.6 is 0 Å². The summed E-state index contributed by atoms with van der Waals surface area (Å²) in [6, 6.07) is 11.6. The van der Waals surface area contributed by atoms with Crippen LogP contribution in [0.15, 0.2) is 64.3 Å². The largest absolute Gasteiger partial charge is 0.504 e. The maximum Gasteiger partial charge on any atom is 0.204 e. The van der Waals surface area contributed by atoms with E-state index in [1.807, 2.05) is 18.2 Å². The summed E-state index contributed by atoms with van der Waals surface area (Å²) in [5, 5.41) is 20.2. The number of rotatable bonds is 4. The minimum atomic E-state index is -0.449. The highest BCUT2D eigenvalue weighted by Crippen LogP contribution is 2.41. The van der Waals surface area contributed by atoms with E-state index in [4.69, 9.17) is 9.15 Å². The zero-order chi connectivity index (χ0) is 16.4. The molecule has 1 heterocycles. The number of hydrogen-bond donors (Lipinski definition) is 2. The summed E-state index contributed by atoms with van der Waals surface area (Å²) < 4.78 is 10.9. The topological polar surface area (TPSA) is 79.9 Å². The zero-order valence-electron chi connectivity index (χ0n) is 12.2. The fraction of sp³-hybridized carbons (Fsp3) is 0.0556. The van der Waals surface area contributed by atoms with Crippen molar-refractivity contribution in [1.82, 2.24) is 0 Å². The smallest absolute Gasteiger partial charge is 0.204 e. The molecule has 0 atom stereocenters. The van der Waals surface area contributed by atoms with E-state index in [0.717, 1.165) is 5.56 Å². The monoisotopic (exact) mass is 310 g/mol. The van der Waals surface area contributed by atoms with Crippen molar-refractivity contribution in [3.8, 4) is 28.6 Å². The Labute approximate surface area is 131 Å². The second-order valence-electron chi connectivity index (χ2n) is 4.89. The minimum Gasteiger partial charge on any atom is -0.504 e. The van der Waals surface area contributed by atoms with Crippen molar-refractivity contribution in [2.75, 3.05) is 6.61 Å². The average Bonchev–Trinajstić information content (AvgIpc) is 2.54. The van der Waals surface area contributed by atoms with E-state index in [2.05, 4.69) is 6.58 Å². The number of fused-ring (bicyclic) bond motifs is 1. The molecular weight excluding hydrogens is 296 g/mol. The predicted octanol–water partition coefficient (Wildman–Crippen LogP) is 3.44. The molecule has 0 bridgehead atoms. The maximum atomic E-state index is 12.4. The van der Waals surface area contributed by atoms with Gasteiger partial charge in [-0.1, -0.05) is 43.0 Å². The van der Waals surface area contributed by atoms with Crippen LogP contribution in [0.4, 0.5) is 0 Å². The van der Waals surface area contributed by atoms with Crippen LogP contribution in [-0.4, -0.2) is 16.8 Å². The van der Waals surface area contributed by atoms with Gasteiger partial charge in [0.05, 0.1) is 0 Å². The van der Waals surface area contributed by atoms with Crippen molar-refractivity contribution < 1.29 is 19.4 Å². The first-order chi connectivity index (χ1) is 11.1. The highest BCUT2D eigenvalue weighted by molar-refractivity contribution is 5.89. The molecule has 0 aliphatic carbocycles. The Balaban J connectivity index is 2.23. The number of ether oxygens (including phenoxy) is 1. The molecule has 1 aromatic heterocycles. The third-order valence-electron chi connectivity index (χ3n) is 3.33. The van der Waals surface area contributed by atoms with Gasteiger partial charge in [0.25, 0.3) is 0 Å². The average molecular weight is 310 g/mol. The highest BCUT2D eigenvalue weighted by atomic mass is 16.5. The summed E-state index contributed by atoms with van der Waals surface area (Å²) >= 11 is 0. The Morgan fingerprint density at radius 2 is 1.91 bits per heavy atom. The molecule has 0 amide bonds. The molecule has 2 N–H and O–H groups in total. The van der Waals surface area contributed by atoms with Crippen LogP contribution in [0, 0.1) is 0 Å². The lowest BCUT2D eigenvalue weighted by Crippen LogP contribution is -2.03. The van der Waals surface area contributed by atoms with E-state index in [1.54, 1.807) is 12.1 Å². The lowest BCUT2D eigenvalue weighted by Gasteiger charge is -2.11. The first kappa shape index (κ1) is 14.7. The summed E-state index contributed by atoms with van der Waals surface area (Å²) in [5.74, 6) is -0.584. The van der Waals surface area contributed by atoms with Gasteiger partial charge in [0, 0.05) is 17.7 Å². The van der Waals surface area contributed by atoms with Crippen molar-refractivity contribution in [3.63, 3.8) is 0 Å². The van der Waals surface area contributed by atoms with Crippen LogP contribution in [0.25, 0.3) is 22.3 Å². The quantitative estimate of drug-likeness (QED) is 0.722. The van der Waals surface area contributed by atoms with E-state index >= 15 is 0 Å². The molecule has 0 aliphatic heterocycles. The number of phenols is 2. The third-order valence-corrected chi connectivity index (χ3v) is 3.33. The van der Waals surface area contributed by atoms with Crippen molar-refractivity contribution in [2.45, 2.75) is 0 Å². The van der Waals surface area contributed by atoms with Crippen LogP contribution < -0.4 is 10.2 Å². The van der Waals surface area contributed by atoms with Crippen molar-refractivity contribution in [1.29, 1.82) is 0 Å². The first-order valence-corrected chi connectivity index (χ1v) is 6.93. The molecule has 0 spiro atoms. The van der Waals surface area contributed by atoms with Crippen LogP contribution in [0.1, 0.15) is 0 Å². The van der Waals surface area contributed by atoms with E-state index in [-0.39, 0.29) is 29.1 Å². The van der Waals surface area contributed by atoms with Gasteiger partial charge in [0.15, 0.2) is 16.9 Å². The SMILES string of the molecule is C=CCOc1c(O)cc2oc(-c3ccccc3)cc(=O)c2c1O. The van der Waals surface area contributed by atoms with Crippen molar-refractivity contribution >= 4 is 11.0 Å². The molecule has 0 radical (unpaired) electrons. The second-order valence-corrected chi connectivity index (χ2v) is 4.89. The Bertz CT molecular complexity index is 926. The number of phenolic OH excluding ortho intramolecular Hbond substituents is 2. The Morgan fingerprint density at radius 3 is 2.61 bits per heavy atom. The molecule has 23 heavy (non-hydrogen) atoms. The van der Waals surface area contributed by atoms with Gasteiger partial charge < -0.3 is 19.4 Å². The van der Waals surface area contributed by atoms with Crippen LogP contribution in [-0.2, 0) is 0 Å². The lowest BCUT2D eigenvalue weighted by molar-refractivity contribution is 0.315. The minimum absolute atomic E-state index is 0.0402. The zero-order valence-corrected chi connectivity index (χ0v) is 12.2. The van der Waals surface area contributed by atoms with Gasteiger partial charge in [0.1, 0.15) is 23.3 Å². The standard InChI is InChI=1S/C18H14O5/c1-2-8-22-18-13(20)10-15-16(17(18)21)12(19)9-14(23-15)11-6-4-3-5-7-11/h2-7,9-10,20-21H,1,8H2. The van der Waals surface area contributed by atoms with Gasteiger partial charge in [-0.2, -0.15) is 0 Å². The molecule has 5 nitrogen and oxygen atoms in total. The van der Waals surface area contributed by atoms with E-state index < -0.39 is 11.2 Å². The predicted molar refractivity (Wildman–Crippen MR) is 86.9 cm³/mol. The molecule has 116 valence electrons. The normalized spacial score (nSPS) is 10.6. The molecule has 0 fully saturated rings. The first-order valence-electron chi connectivity index (χ1n) is 6.93. The molecule has 3 rings (SSSR count). The summed E-state index contributed by atoms with van der Waals surface area (Å²) in [6.45, 7) is 3.58. The van der Waals surface area contributed by atoms with Gasteiger partial charge >= 0.3 is 0 Å². The highest BCUT2D eigenvalue weighted by Gasteiger charge is 2.18. The number of aromatic hydroxyl groups is 2. The summed E-state index contributed by atoms with van der Waals surface area (Å²) in [4.78, 5) is 12.4. The second kappa shape index (κ2) is 5.88. The van der Waals surface area contributed by atoms with Gasteiger partial charge in [-0.3, -0.25) is 4.79 Å². The number of hydrogen-bond acceptors (Lipinski definition) is 5. The molecule has 3 aromatic rings. The molecule has 0 saturated heterocycles. The van der Waals surface area contributed by atoms with Crippen LogP contribution in [0.3, 0.4) is 0 Å². The van der Waals surface area contributed by atoms with Crippen molar-refractivity contribution in [3.05, 3.63) is 65.3 Å². The summed E-state index contributed by atoms with van der Waals surface area (Å²) in [7, 11) is 0. The molecule has 5 heteroatoms. The molecule has 0 aliphatic rings. The molecule has 2 aromatic carbocycles. The van der Waals surface area contributed by atoms with Gasteiger partial charge in [-0.15, -0.1) is 0 Å². The van der Waals surface area contributed by atoms with E-state index in [1.165, 1.54) is 18.2 Å². The summed E-state index contributed by atoms with van der Waals surface area (Å²) in [5.41, 5.74) is 0.376. The summed E-state index contributed by atoms with van der Waals surface area (Å²) in [6.07, 6.45) is 1.46. The Morgan fingerprint density at radius 1 is 1.17 bits per heavy atom. The molecule has 0 unspecified atom stereocenters. The molecular formula is C18H14O5.